The van der Waals surface area contributed by atoms with Gasteiger partial charge >= 0.3 is 0 Å². The molecular formula is C19H19N3O3. The maximum absolute atomic E-state index is 5.43. The van der Waals surface area contributed by atoms with E-state index >= 15 is 0 Å². The minimum Gasteiger partial charge on any atom is -0.493 e. The van der Waals surface area contributed by atoms with Crippen LogP contribution in [-0.2, 0) is 13.0 Å². The number of ether oxygens (including phenoxy) is 2. The highest BCUT2D eigenvalue weighted by molar-refractivity contribution is 5.55. The second kappa shape index (κ2) is 6.47. The molecule has 0 saturated heterocycles. The van der Waals surface area contributed by atoms with Gasteiger partial charge in [-0.3, -0.25) is 0 Å². The van der Waals surface area contributed by atoms with Gasteiger partial charge in [-0.2, -0.15) is 4.98 Å². The molecule has 0 atom stereocenters. The molecule has 128 valence electrons. The first-order valence-corrected chi connectivity index (χ1v) is 8.16. The first-order chi connectivity index (χ1) is 12.3. The lowest BCUT2D eigenvalue weighted by molar-refractivity contribution is 0.353. The molecule has 0 N–H and O–H groups in total. The van der Waals surface area contributed by atoms with Gasteiger partial charge < -0.3 is 18.9 Å². The van der Waals surface area contributed by atoms with Gasteiger partial charge in [-0.05, 0) is 47.0 Å². The first kappa shape index (κ1) is 15.5. The van der Waals surface area contributed by atoms with E-state index in [4.69, 9.17) is 14.0 Å². The monoisotopic (exact) mass is 337 g/mol. The van der Waals surface area contributed by atoms with E-state index in [0.29, 0.717) is 18.4 Å². The molecule has 2 heterocycles. The summed E-state index contributed by atoms with van der Waals surface area (Å²) in [6.45, 7) is 1.54. The number of hydrogen-bond acceptors (Lipinski definition) is 6. The Morgan fingerprint density at radius 2 is 1.72 bits per heavy atom. The number of rotatable bonds is 4. The number of methoxy groups -OCH3 is 2. The van der Waals surface area contributed by atoms with Crippen molar-refractivity contribution in [3.8, 4) is 23.0 Å². The average molecular weight is 337 g/mol. The van der Waals surface area contributed by atoms with Crippen molar-refractivity contribution in [2.75, 3.05) is 25.7 Å². The second-order valence-electron chi connectivity index (χ2n) is 5.91. The van der Waals surface area contributed by atoms with Crippen LogP contribution in [0, 0.1) is 0 Å². The van der Waals surface area contributed by atoms with Gasteiger partial charge in [-0.15, -0.1) is 0 Å². The molecule has 3 aromatic rings. The number of aromatic nitrogens is 2. The van der Waals surface area contributed by atoms with E-state index in [2.05, 4.69) is 21.1 Å². The molecule has 25 heavy (non-hydrogen) atoms. The summed E-state index contributed by atoms with van der Waals surface area (Å²) in [6, 6.07) is 13.9. The summed E-state index contributed by atoms with van der Waals surface area (Å²) in [5, 5.41) is 4.15. The Morgan fingerprint density at radius 3 is 2.44 bits per heavy atom. The van der Waals surface area contributed by atoms with E-state index in [1.165, 1.54) is 11.1 Å². The lowest BCUT2D eigenvalue weighted by Gasteiger charge is -2.28. The van der Waals surface area contributed by atoms with Crippen LogP contribution < -0.4 is 14.4 Å². The SMILES string of the molecule is COc1cc2c(cc1OC)CN(c1noc(-c3ccccc3)n1)CC2. The lowest BCUT2D eigenvalue weighted by Crippen LogP contribution is -2.31. The van der Waals surface area contributed by atoms with Crippen molar-refractivity contribution in [2.45, 2.75) is 13.0 Å². The Morgan fingerprint density at radius 1 is 1.00 bits per heavy atom. The van der Waals surface area contributed by atoms with Crippen LogP contribution in [0.5, 0.6) is 11.5 Å². The van der Waals surface area contributed by atoms with Crippen LogP contribution in [0.15, 0.2) is 47.0 Å². The molecule has 4 rings (SSSR count). The Kier molecular flexibility index (Phi) is 4.01. The smallest absolute Gasteiger partial charge is 0.266 e. The first-order valence-electron chi connectivity index (χ1n) is 8.16. The van der Waals surface area contributed by atoms with E-state index in [1.807, 2.05) is 36.4 Å². The van der Waals surface area contributed by atoms with Crippen molar-refractivity contribution in [3.63, 3.8) is 0 Å². The zero-order valence-electron chi connectivity index (χ0n) is 14.2. The quantitative estimate of drug-likeness (QED) is 0.728. The van der Waals surface area contributed by atoms with E-state index < -0.39 is 0 Å². The fourth-order valence-corrected chi connectivity index (χ4v) is 3.10. The van der Waals surface area contributed by atoms with Gasteiger partial charge in [0.25, 0.3) is 11.8 Å². The molecule has 0 amide bonds. The van der Waals surface area contributed by atoms with Crippen LogP contribution in [0.2, 0.25) is 0 Å². The second-order valence-corrected chi connectivity index (χ2v) is 5.91. The minimum atomic E-state index is 0.536. The molecule has 1 aliphatic rings. The van der Waals surface area contributed by atoms with E-state index in [-0.39, 0.29) is 0 Å². The highest BCUT2D eigenvalue weighted by Gasteiger charge is 2.23. The third-order valence-corrected chi connectivity index (χ3v) is 4.44. The topological polar surface area (TPSA) is 60.6 Å². The Bertz CT molecular complexity index is 877. The zero-order valence-corrected chi connectivity index (χ0v) is 14.2. The van der Waals surface area contributed by atoms with Gasteiger partial charge in [0.05, 0.1) is 14.2 Å². The Hall–Kier alpha value is -3.02. The fourth-order valence-electron chi connectivity index (χ4n) is 3.10. The van der Waals surface area contributed by atoms with Crippen LogP contribution in [0.3, 0.4) is 0 Å². The molecule has 1 aromatic heterocycles. The molecule has 0 saturated carbocycles. The van der Waals surface area contributed by atoms with Crippen molar-refractivity contribution in [3.05, 3.63) is 53.6 Å². The highest BCUT2D eigenvalue weighted by Crippen LogP contribution is 2.34. The summed E-state index contributed by atoms with van der Waals surface area (Å²) in [6.07, 6.45) is 0.894. The molecule has 2 aromatic carbocycles. The van der Waals surface area contributed by atoms with Gasteiger partial charge in [0.15, 0.2) is 11.5 Å². The highest BCUT2D eigenvalue weighted by atomic mass is 16.5. The maximum atomic E-state index is 5.43. The van der Waals surface area contributed by atoms with Crippen LogP contribution in [0.4, 0.5) is 5.95 Å². The largest absolute Gasteiger partial charge is 0.493 e. The number of benzene rings is 2. The number of fused-ring (bicyclic) bond motifs is 1. The van der Waals surface area contributed by atoms with Gasteiger partial charge in [0, 0.05) is 18.7 Å². The summed E-state index contributed by atoms with van der Waals surface area (Å²) < 4.78 is 16.2. The maximum Gasteiger partial charge on any atom is 0.266 e. The third-order valence-electron chi connectivity index (χ3n) is 4.44. The van der Waals surface area contributed by atoms with E-state index in [9.17, 15) is 0 Å². The molecule has 0 aliphatic carbocycles. The molecule has 0 fully saturated rings. The molecule has 6 nitrogen and oxygen atoms in total. The fraction of sp³-hybridized carbons (Fsp3) is 0.263. The van der Waals surface area contributed by atoms with Crippen molar-refractivity contribution in [2.24, 2.45) is 0 Å². The van der Waals surface area contributed by atoms with E-state index in [0.717, 1.165) is 30.0 Å². The van der Waals surface area contributed by atoms with Crippen LogP contribution in [-0.4, -0.2) is 30.9 Å². The van der Waals surface area contributed by atoms with Gasteiger partial charge in [0.1, 0.15) is 0 Å². The zero-order chi connectivity index (χ0) is 17.2. The van der Waals surface area contributed by atoms with Crippen molar-refractivity contribution >= 4 is 5.95 Å². The Labute approximate surface area is 146 Å². The molecule has 6 heteroatoms. The molecule has 0 bridgehead atoms. The predicted octanol–water partition coefficient (Wildman–Crippen LogP) is 3.32. The standard InChI is InChI=1S/C19H19N3O3/c1-23-16-10-14-8-9-22(12-15(14)11-17(16)24-2)19-20-18(25-21-19)13-6-4-3-5-7-13/h3-7,10-11H,8-9,12H2,1-2H3. The van der Waals surface area contributed by atoms with Crippen LogP contribution in [0.25, 0.3) is 11.5 Å². The molecule has 0 unspecified atom stereocenters. The van der Waals surface area contributed by atoms with Gasteiger partial charge in [0.2, 0.25) is 0 Å². The molecular weight excluding hydrogens is 318 g/mol. The normalized spacial score (nSPS) is 13.4. The predicted molar refractivity (Wildman–Crippen MR) is 94.0 cm³/mol. The van der Waals surface area contributed by atoms with Gasteiger partial charge in [-0.25, -0.2) is 0 Å². The summed E-state index contributed by atoms with van der Waals surface area (Å²) in [5.74, 6) is 2.65. The lowest BCUT2D eigenvalue weighted by atomic mass is 9.99. The summed E-state index contributed by atoms with van der Waals surface area (Å²) in [7, 11) is 3.31. The third kappa shape index (κ3) is 2.91. The molecule has 1 aliphatic heterocycles. The average Bonchev–Trinajstić information content (AvgIpc) is 3.17. The summed E-state index contributed by atoms with van der Waals surface area (Å²) >= 11 is 0. The van der Waals surface area contributed by atoms with Crippen LogP contribution >= 0.6 is 0 Å². The summed E-state index contributed by atoms with van der Waals surface area (Å²) in [5.41, 5.74) is 3.38. The van der Waals surface area contributed by atoms with Crippen LogP contribution in [0.1, 0.15) is 11.1 Å². The van der Waals surface area contributed by atoms with Gasteiger partial charge in [-0.1, -0.05) is 18.2 Å². The molecule has 0 spiro atoms. The van der Waals surface area contributed by atoms with Crippen molar-refractivity contribution < 1.29 is 14.0 Å². The summed E-state index contributed by atoms with van der Waals surface area (Å²) in [4.78, 5) is 6.66. The number of anilines is 1. The number of hydrogen-bond donors (Lipinski definition) is 0. The van der Waals surface area contributed by atoms with Crippen molar-refractivity contribution in [1.82, 2.24) is 10.1 Å². The Balaban J connectivity index is 1.59. The minimum absolute atomic E-state index is 0.536. The van der Waals surface area contributed by atoms with Crippen molar-refractivity contribution in [1.29, 1.82) is 0 Å². The number of nitrogens with zero attached hydrogens (tertiary/aromatic N) is 3. The molecule has 0 radical (unpaired) electrons. The van der Waals surface area contributed by atoms with E-state index in [1.54, 1.807) is 14.2 Å².